The number of hydrogen-bond acceptors (Lipinski definition) is 1. The minimum absolute atomic E-state index is 0. The van der Waals surface area contributed by atoms with E-state index in [0.717, 1.165) is 6.42 Å². The zero-order valence-corrected chi connectivity index (χ0v) is 6.12. The average molecular weight is 145 g/mol. The van der Waals surface area contributed by atoms with Gasteiger partial charge in [0, 0.05) is 0 Å². The summed E-state index contributed by atoms with van der Waals surface area (Å²) >= 11 is 0. The molecule has 0 radical (unpaired) electrons. The standard InChI is InChI=1S/C3H6N.Y/c1-2-3-4;/h4H,2H2,1H3;/q-1;+3. The van der Waals surface area contributed by atoms with Crippen molar-refractivity contribution in [3.05, 3.63) is 0 Å². The van der Waals surface area contributed by atoms with Crippen molar-refractivity contribution in [1.29, 1.82) is 5.41 Å². The second-order valence-corrected chi connectivity index (χ2v) is 0.530. The van der Waals surface area contributed by atoms with Crippen LogP contribution in [0, 0.1) is 5.41 Å². The third-order valence-electron chi connectivity index (χ3n) is 0.177. The zero-order chi connectivity index (χ0) is 3.41. The molecule has 1 nitrogen and oxygen atoms in total. The van der Waals surface area contributed by atoms with Crippen LogP contribution in [-0.2, 0) is 32.7 Å². The minimum Gasteiger partial charge on any atom is -0.519 e. The van der Waals surface area contributed by atoms with Gasteiger partial charge >= 0.3 is 32.7 Å². The molecule has 0 saturated carbocycles. The van der Waals surface area contributed by atoms with E-state index in [1.807, 2.05) is 6.92 Å². The molecule has 24 valence electrons. The van der Waals surface area contributed by atoms with Gasteiger partial charge in [-0.3, -0.25) is 0 Å². The van der Waals surface area contributed by atoms with E-state index in [0.29, 0.717) is 0 Å². The molecule has 0 aliphatic rings. The van der Waals surface area contributed by atoms with Crippen LogP contribution >= 0.6 is 0 Å². The van der Waals surface area contributed by atoms with Gasteiger partial charge < -0.3 is 11.6 Å². The van der Waals surface area contributed by atoms with Crippen molar-refractivity contribution >= 4 is 6.21 Å². The molecule has 5 heavy (non-hydrogen) atoms. The molecule has 0 aliphatic heterocycles. The van der Waals surface area contributed by atoms with Crippen molar-refractivity contribution < 1.29 is 32.7 Å². The van der Waals surface area contributed by atoms with Crippen LogP contribution < -0.4 is 0 Å². The van der Waals surface area contributed by atoms with Crippen molar-refractivity contribution in [3.63, 3.8) is 0 Å². The Morgan fingerprint density at radius 1 is 1.80 bits per heavy atom. The summed E-state index contributed by atoms with van der Waals surface area (Å²) in [5, 5.41) is 6.20. The summed E-state index contributed by atoms with van der Waals surface area (Å²) in [5.74, 6) is 0. The fraction of sp³-hybridized carbons (Fsp3) is 0.667. The first-order valence-electron chi connectivity index (χ1n) is 1.31. The van der Waals surface area contributed by atoms with E-state index >= 15 is 0 Å². The van der Waals surface area contributed by atoms with E-state index < -0.39 is 0 Å². The molecule has 2 heteroatoms. The maximum atomic E-state index is 6.20. The van der Waals surface area contributed by atoms with E-state index in [2.05, 4.69) is 6.21 Å². The Bertz CT molecular complexity index is 20.9. The molecule has 0 aliphatic carbocycles. The molecule has 0 aromatic rings. The first kappa shape index (κ1) is 9.24. The molecule has 0 aromatic carbocycles. The van der Waals surface area contributed by atoms with Gasteiger partial charge in [0.2, 0.25) is 0 Å². The third-order valence-corrected chi connectivity index (χ3v) is 0.177. The van der Waals surface area contributed by atoms with E-state index in [4.69, 9.17) is 5.41 Å². The maximum Gasteiger partial charge on any atom is 3.00 e. The molecule has 0 fully saturated rings. The van der Waals surface area contributed by atoms with Crippen LogP contribution in [0.25, 0.3) is 0 Å². The summed E-state index contributed by atoms with van der Waals surface area (Å²) in [4.78, 5) is 0. The number of nitrogens with one attached hydrogen (secondary N) is 1. The quantitative estimate of drug-likeness (QED) is 0.419. The Hall–Kier alpha value is 0.774. The van der Waals surface area contributed by atoms with E-state index in [-0.39, 0.29) is 32.7 Å². The molecule has 0 heterocycles. The topological polar surface area (TPSA) is 23.9 Å². The molecular formula is C3H6NY+2. The number of rotatable bonds is 1. The summed E-state index contributed by atoms with van der Waals surface area (Å²) in [6, 6.07) is 0. The van der Waals surface area contributed by atoms with Gasteiger partial charge in [-0.25, -0.2) is 0 Å². The van der Waals surface area contributed by atoms with Crippen LogP contribution in [0.15, 0.2) is 0 Å². The van der Waals surface area contributed by atoms with Crippen molar-refractivity contribution in [2.24, 2.45) is 0 Å². The molecule has 0 saturated heterocycles. The van der Waals surface area contributed by atoms with E-state index in [9.17, 15) is 0 Å². The van der Waals surface area contributed by atoms with Gasteiger partial charge in [0.25, 0.3) is 0 Å². The number of hydrogen-bond donors (Lipinski definition) is 1. The Morgan fingerprint density at radius 2 is 2.00 bits per heavy atom. The maximum absolute atomic E-state index is 6.20. The first-order valence-corrected chi connectivity index (χ1v) is 1.31. The summed E-state index contributed by atoms with van der Waals surface area (Å²) in [7, 11) is 0. The van der Waals surface area contributed by atoms with Gasteiger partial charge in [-0.15, -0.1) is 0 Å². The van der Waals surface area contributed by atoms with Crippen LogP contribution in [0.5, 0.6) is 0 Å². The summed E-state index contributed by atoms with van der Waals surface area (Å²) < 4.78 is 0. The predicted octanol–water partition coefficient (Wildman–Crippen LogP) is 0.920. The molecule has 0 atom stereocenters. The van der Waals surface area contributed by atoms with Gasteiger partial charge in [0.1, 0.15) is 0 Å². The Kier molecular flexibility index (Phi) is 16.3. The molecule has 0 amide bonds. The monoisotopic (exact) mass is 145 g/mol. The fourth-order valence-electron chi connectivity index (χ4n) is 0. The summed E-state index contributed by atoms with van der Waals surface area (Å²) in [5.41, 5.74) is 0. The van der Waals surface area contributed by atoms with Crippen molar-refractivity contribution in [1.82, 2.24) is 0 Å². The molecule has 0 spiro atoms. The zero-order valence-electron chi connectivity index (χ0n) is 3.28. The molecule has 0 unspecified atom stereocenters. The largest absolute Gasteiger partial charge is 3.00 e. The van der Waals surface area contributed by atoms with Gasteiger partial charge in [-0.2, -0.15) is 6.42 Å². The van der Waals surface area contributed by atoms with Gasteiger partial charge in [0.05, 0.1) is 0 Å². The predicted molar refractivity (Wildman–Crippen MR) is 18.0 cm³/mol. The molecule has 0 rings (SSSR count). The molecular weight excluding hydrogens is 139 g/mol. The molecule has 0 aromatic heterocycles. The van der Waals surface area contributed by atoms with Crippen molar-refractivity contribution in [3.8, 4) is 0 Å². The molecule has 1 N–H and O–H groups in total. The van der Waals surface area contributed by atoms with E-state index in [1.165, 1.54) is 0 Å². The normalized spacial score (nSPS) is 5.00. The fourth-order valence-corrected chi connectivity index (χ4v) is 0. The second-order valence-electron chi connectivity index (χ2n) is 0.530. The minimum atomic E-state index is 0. The van der Waals surface area contributed by atoms with Crippen molar-refractivity contribution in [2.75, 3.05) is 0 Å². The van der Waals surface area contributed by atoms with Gasteiger partial charge in [-0.1, -0.05) is 6.92 Å². The van der Waals surface area contributed by atoms with Crippen LogP contribution in [0.2, 0.25) is 0 Å². The van der Waals surface area contributed by atoms with Crippen LogP contribution in [0.3, 0.4) is 0 Å². The van der Waals surface area contributed by atoms with Crippen LogP contribution in [-0.4, -0.2) is 6.21 Å². The van der Waals surface area contributed by atoms with E-state index in [1.54, 1.807) is 0 Å². The summed E-state index contributed by atoms with van der Waals surface area (Å²) in [6.07, 6.45) is 2.92. The first-order chi connectivity index (χ1) is 1.91. The Morgan fingerprint density at radius 3 is 2.00 bits per heavy atom. The van der Waals surface area contributed by atoms with Crippen LogP contribution in [0.1, 0.15) is 13.3 Å². The van der Waals surface area contributed by atoms with Gasteiger partial charge in [0.15, 0.2) is 0 Å². The average Bonchev–Trinajstić information content (AvgIpc) is 1.37. The Balaban J connectivity index is 0. The summed E-state index contributed by atoms with van der Waals surface area (Å²) in [6.45, 7) is 1.88. The van der Waals surface area contributed by atoms with Gasteiger partial charge in [-0.05, 0) is 0 Å². The van der Waals surface area contributed by atoms with Crippen LogP contribution in [0.4, 0.5) is 0 Å². The SMILES string of the molecule is CC[C-]=N.[Y+3]. The Labute approximate surface area is 57.5 Å². The van der Waals surface area contributed by atoms with Crippen molar-refractivity contribution in [2.45, 2.75) is 13.3 Å². The second kappa shape index (κ2) is 8.84. The third kappa shape index (κ3) is 11.7. The smallest absolute Gasteiger partial charge is 0.519 e. The molecule has 0 bridgehead atoms.